The van der Waals surface area contributed by atoms with E-state index in [1.54, 1.807) is 0 Å². The molecule has 0 bridgehead atoms. The minimum Gasteiger partial charge on any atom is -0.475 e. The highest BCUT2D eigenvalue weighted by Gasteiger charge is 2.21. The summed E-state index contributed by atoms with van der Waals surface area (Å²) in [6.45, 7) is 5.94. The van der Waals surface area contributed by atoms with Gasteiger partial charge in [0, 0.05) is 11.1 Å². The van der Waals surface area contributed by atoms with E-state index in [0.29, 0.717) is 17.7 Å². The Morgan fingerprint density at radius 2 is 2.06 bits per heavy atom. The summed E-state index contributed by atoms with van der Waals surface area (Å²) in [4.78, 5) is 11.0. The second-order valence-corrected chi connectivity index (χ2v) is 4.30. The molecule has 18 heavy (non-hydrogen) atoms. The number of benzene rings is 1. The van der Waals surface area contributed by atoms with E-state index in [0.717, 1.165) is 11.1 Å². The molecule has 0 saturated carbocycles. The summed E-state index contributed by atoms with van der Waals surface area (Å²) in [6, 6.07) is 5.93. The fourth-order valence-corrected chi connectivity index (χ4v) is 1.92. The van der Waals surface area contributed by atoms with Gasteiger partial charge in [0.05, 0.1) is 0 Å². The maximum atomic E-state index is 11.0. The van der Waals surface area contributed by atoms with Crippen molar-refractivity contribution in [2.75, 3.05) is 0 Å². The number of aromatic nitrogens is 1. The first-order valence-corrected chi connectivity index (χ1v) is 5.84. The molecule has 0 aliphatic heterocycles. The lowest BCUT2D eigenvalue weighted by molar-refractivity contribution is 0.0650. The number of nitrogens with zero attached hydrogens (tertiary/aromatic N) is 1. The smallest absolute Gasteiger partial charge is 0.375 e. The number of hydrogen-bond donors (Lipinski definition) is 1. The van der Waals surface area contributed by atoms with Crippen LogP contribution in [0.25, 0.3) is 11.3 Å². The number of hydrogen-bond acceptors (Lipinski definition) is 3. The van der Waals surface area contributed by atoms with Gasteiger partial charge in [-0.15, -0.1) is 0 Å². The Morgan fingerprint density at radius 1 is 1.33 bits per heavy atom. The molecule has 1 aromatic carbocycles. The molecule has 0 spiro atoms. The van der Waals surface area contributed by atoms with Gasteiger partial charge in [-0.1, -0.05) is 24.2 Å². The summed E-state index contributed by atoms with van der Waals surface area (Å²) < 4.78 is 4.92. The molecule has 0 saturated heterocycles. The number of aryl methyl sites for hydroxylation is 2. The molecule has 4 nitrogen and oxygen atoms in total. The topological polar surface area (TPSA) is 63.3 Å². The Hall–Kier alpha value is -2.10. The first-order valence-electron chi connectivity index (χ1n) is 5.84. The van der Waals surface area contributed by atoms with Crippen molar-refractivity contribution >= 4 is 5.97 Å². The normalized spacial score (nSPS) is 10.6. The molecule has 1 heterocycles. The van der Waals surface area contributed by atoms with Crippen molar-refractivity contribution in [3.05, 3.63) is 40.6 Å². The van der Waals surface area contributed by atoms with E-state index in [9.17, 15) is 4.79 Å². The summed E-state index contributed by atoms with van der Waals surface area (Å²) in [5.74, 6) is -1.14. The minimum absolute atomic E-state index is 0.0641. The number of carbonyl (C=O) groups is 1. The Morgan fingerprint density at radius 3 is 2.61 bits per heavy atom. The average molecular weight is 245 g/mol. The monoisotopic (exact) mass is 245 g/mol. The summed E-state index contributed by atoms with van der Waals surface area (Å²) in [7, 11) is 0. The van der Waals surface area contributed by atoms with Crippen LogP contribution in [0, 0.1) is 13.8 Å². The van der Waals surface area contributed by atoms with Crippen LogP contribution in [-0.2, 0) is 6.42 Å². The van der Waals surface area contributed by atoms with Gasteiger partial charge < -0.3 is 9.63 Å². The molecule has 0 aliphatic carbocycles. The lowest BCUT2D eigenvalue weighted by atomic mass is 10.00. The van der Waals surface area contributed by atoms with Gasteiger partial charge in [0.1, 0.15) is 5.69 Å². The van der Waals surface area contributed by atoms with Crippen molar-refractivity contribution in [3.8, 4) is 11.3 Å². The molecule has 0 unspecified atom stereocenters. The lowest BCUT2D eigenvalue weighted by Crippen LogP contribution is -1.98. The van der Waals surface area contributed by atoms with Gasteiger partial charge >= 0.3 is 5.97 Å². The van der Waals surface area contributed by atoms with E-state index < -0.39 is 5.97 Å². The van der Waals surface area contributed by atoms with Gasteiger partial charge in [0.2, 0.25) is 5.76 Å². The van der Waals surface area contributed by atoms with Crippen molar-refractivity contribution in [1.82, 2.24) is 5.16 Å². The highest BCUT2D eigenvalue weighted by atomic mass is 16.5. The molecule has 2 rings (SSSR count). The molecule has 0 amide bonds. The lowest BCUT2D eigenvalue weighted by Gasteiger charge is -2.03. The largest absolute Gasteiger partial charge is 0.475 e. The fourth-order valence-electron chi connectivity index (χ4n) is 1.92. The molecule has 1 N–H and O–H groups in total. The fraction of sp³-hybridized carbons (Fsp3) is 0.286. The summed E-state index contributed by atoms with van der Waals surface area (Å²) in [5.41, 5.74) is 4.50. The van der Waals surface area contributed by atoms with Crippen LogP contribution in [0.4, 0.5) is 0 Å². The third-order valence-electron chi connectivity index (χ3n) is 3.12. The first kappa shape index (κ1) is 12.4. The zero-order chi connectivity index (χ0) is 13.3. The van der Waals surface area contributed by atoms with Crippen LogP contribution in [0.1, 0.15) is 34.2 Å². The van der Waals surface area contributed by atoms with Crippen molar-refractivity contribution in [1.29, 1.82) is 0 Å². The van der Waals surface area contributed by atoms with Crippen molar-refractivity contribution in [2.24, 2.45) is 0 Å². The number of rotatable bonds is 3. The summed E-state index contributed by atoms with van der Waals surface area (Å²) in [5, 5.41) is 12.9. The average Bonchev–Trinajstić information content (AvgIpc) is 2.76. The molecule has 0 aliphatic rings. The first-order chi connectivity index (χ1) is 8.54. The van der Waals surface area contributed by atoms with Gasteiger partial charge in [0.15, 0.2) is 0 Å². The third-order valence-corrected chi connectivity index (χ3v) is 3.12. The second kappa shape index (κ2) is 4.64. The van der Waals surface area contributed by atoms with E-state index in [2.05, 4.69) is 5.16 Å². The zero-order valence-corrected chi connectivity index (χ0v) is 10.7. The Balaban J connectivity index is 2.57. The van der Waals surface area contributed by atoms with Gasteiger partial charge in [-0.3, -0.25) is 0 Å². The Kier molecular flexibility index (Phi) is 3.19. The van der Waals surface area contributed by atoms with Gasteiger partial charge in [-0.25, -0.2) is 4.79 Å². The number of aromatic carboxylic acids is 1. The standard InChI is InChI=1S/C14H15NO3/c1-4-11-12(15-18-13(11)14(16)17)10-6-5-8(2)9(3)7-10/h5-7H,4H2,1-3H3,(H,16,17). The molecule has 0 fully saturated rings. The van der Waals surface area contributed by atoms with E-state index in [1.165, 1.54) is 5.56 Å². The maximum Gasteiger partial charge on any atom is 0.375 e. The Bertz CT molecular complexity index is 599. The van der Waals surface area contributed by atoms with Gasteiger partial charge in [-0.2, -0.15) is 0 Å². The molecule has 1 aromatic heterocycles. The highest BCUT2D eigenvalue weighted by molar-refractivity contribution is 5.88. The van der Waals surface area contributed by atoms with Crippen LogP contribution < -0.4 is 0 Å². The van der Waals surface area contributed by atoms with Crippen LogP contribution in [-0.4, -0.2) is 16.2 Å². The number of carboxylic acids is 1. The third kappa shape index (κ3) is 2.01. The molecule has 0 radical (unpaired) electrons. The van der Waals surface area contributed by atoms with Gasteiger partial charge in [0.25, 0.3) is 0 Å². The minimum atomic E-state index is -1.07. The van der Waals surface area contributed by atoms with Crippen molar-refractivity contribution < 1.29 is 14.4 Å². The second-order valence-electron chi connectivity index (χ2n) is 4.30. The Labute approximate surface area is 105 Å². The SMILES string of the molecule is CCc1c(-c2ccc(C)c(C)c2)noc1C(=O)O. The predicted molar refractivity (Wildman–Crippen MR) is 67.8 cm³/mol. The molecular formula is C14H15NO3. The van der Waals surface area contributed by atoms with E-state index in [-0.39, 0.29) is 5.76 Å². The van der Waals surface area contributed by atoms with E-state index >= 15 is 0 Å². The number of carboxylic acid groups (broad SMARTS) is 1. The van der Waals surface area contributed by atoms with E-state index in [1.807, 2.05) is 39.0 Å². The van der Waals surface area contributed by atoms with Crippen LogP contribution in [0.3, 0.4) is 0 Å². The summed E-state index contributed by atoms with van der Waals surface area (Å²) in [6.07, 6.45) is 0.577. The van der Waals surface area contributed by atoms with Crippen LogP contribution in [0.2, 0.25) is 0 Å². The summed E-state index contributed by atoms with van der Waals surface area (Å²) >= 11 is 0. The molecule has 0 atom stereocenters. The molecule has 94 valence electrons. The van der Waals surface area contributed by atoms with Gasteiger partial charge in [-0.05, 0) is 37.5 Å². The van der Waals surface area contributed by atoms with Crippen molar-refractivity contribution in [3.63, 3.8) is 0 Å². The highest BCUT2D eigenvalue weighted by Crippen LogP contribution is 2.27. The molecule has 2 aromatic rings. The maximum absolute atomic E-state index is 11.0. The van der Waals surface area contributed by atoms with E-state index in [4.69, 9.17) is 9.63 Å². The van der Waals surface area contributed by atoms with Crippen LogP contribution >= 0.6 is 0 Å². The molecular weight excluding hydrogens is 230 g/mol. The van der Waals surface area contributed by atoms with Crippen molar-refractivity contribution in [2.45, 2.75) is 27.2 Å². The van der Waals surface area contributed by atoms with Crippen LogP contribution in [0.15, 0.2) is 22.7 Å². The zero-order valence-electron chi connectivity index (χ0n) is 10.7. The predicted octanol–water partition coefficient (Wildman–Crippen LogP) is 3.22. The quantitative estimate of drug-likeness (QED) is 0.901. The van der Waals surface area contributed by atoms with Crippen LogP contribution in [0.5, 0.6) is 0 Å². The molecule has 4 heteroatoms.